The predicted octanol–water partition coefficient (Wildman–Crippen LogP) is 5.23. The van der Waals surface area contributed by atoms with E-state index in [0.29, 0.717) is 36.5 Å². The van der Waals surface area contributed by atoms with Crippen LogP contribution in [-0.4, -0.2) is 64.7 Å². The molecule has 43 heavy (non-hydrogen) atoms. The molecule has 1 unspecified atom stereocenters. The van der Waals surface area contributed by atoms with Gasteiger partial charge in [-0.1, -0.05) is 26.0 Å². The number of piperazine rings is 1. The summed E-state index contributed by atoms with van der Waals surface area (Å²) in [6, 6.07) is 14.6. The smallest absolute Gasteiger partial charge is 0.243 e. The maximum Gasteiger partial charge on any atom is 0.243 e. The standard InChI is InChI=1S/C24H29N5O3.C7H6F2.C2H6/c1-24(2)23(32)29(11-10-28(24)3)15-21(30)26-19-8-7-16-12-18(13-17(16)14-19)22(31)27-20-6-4-5-9-25-20;1-5-2-6(8)4-7(9)3-5;1-2/h4-9,14,18H,10-13,15H2,1-3H3,(H,26,30)(H,25,27,31);2-4H,1H3;1-2H3. The highest BCUT2D eigenvalue weighted by molar-refractivity contribution is 5.96. The first kappa shape index (κ1) is 33.3. The summed E-state index contributed by atoms with van der Waals surface area (Å²) in [5, 5.41) is 5.77. The number of carbonyl (C=O) groups is 3. The summed E-state index contributed by atoms with van der Waals surface area (Å²) in [6.07, 6.45) is 2.92. The average Bonchev–Trinajstić information content (AvgIpc) is 3.39. The number of aromatic nitrogens is 1. The highest BCUT2D eigenvalue weighted by Gasteiger charge is 2.40. The Labute approximate surface area is 252 Å². The number of anilines is 2. The average molecular weight is 594 g/mol. The zero-order chi connectivity index (χ0) is 31.7. The van der Waals surface area contributed by atoms with Crippen LogP contribution in [0.1, 0.15) is 44.4 Å². The lowest BCUT2D eigenvalue weighted by Gasteiger charge is -2.43. The normalized spacial score (nSPS) is 17.1. The van der Waals surface area contributed by atoms with Crippen LogP contribution in [-0.2, 0) is 27.2 Å². The highest BCUT2D eigenvalue weighted by Crippen LogP contribution is 2.30. The zero-order valence-corrected chi connectivity index (χ0v) is 25.7. The van der Waals surface area contributed by atoms with Crippen molar-refractivity contribution in [1.82, 2.24) is 14.8 Å². The van der Waals surface area contributed by atoms with Crippen LogP contribution in [0.4, 0.5) is 20.3 Å². The minimum absolute atomic E-state index is 0.0301. The topological polar surface area (TPSA) is 94.6 Å². The predicted molar refractivity (Wildman–Crippen MR) is 165 cm³/mol. The van der Waals surface area contributed by atoms with Crippen LogP contribution in [0.2, 0.25) is 0 Å². The summed E-state index contributed by atoms with van der Waals surface area (Å²) in [6.45, 7) is 10.7. The molecule has 1 saturated heterocycles. The number of halogens is 2. The fourth-order valence-electron chi connectivity index (χ4n) is 4.96. The van der Waals surface area contributed by atoms with Crippen molar-refractivity contribution in [2.75, 3.05) is 37.3 Å². The number of hydrogen-bond acceptors (Lipinski definition) is 5. The van der Waals surface area contributed by atoms with E-state index in [0.717, 1.165) is 23.7 Å². The van der Waals surface area contributed by atoms with Gasteiger partial charge in [0.15, 0.2) is 0 Å². The van der Waals surface area contributed by atoms with Gasteiger partial charge in [-0.05, 0) is 93.7 Å². The SMILES string of the molecule is CC.CN1CCN(CC(=O)Nc2ccc3c(c2)CC(C(=O)Nc2ccccn2)C3)C(=O)C1(C)C.Cc1cc(F)cc(F)c1. The Bertz CT molecular complexity index is 1380. The van der Waals surface area contributed by atoms with E-state index in [1.807, 2.05) is 63.9 Å². The number of pyridine rings is 1. The second-order valence-electron chi connectivity index (χ2n) is 11.0. The molecule has 230 valence electrons. The van der Waals surface area contributed by atoms with Crippen LogP contribution < -0.4 is 10.6 Å². The molecule has 0 saturated carbocycles. The lowest BCUT2D eigenvalue weighted by atomic mass is 9.98. The quantitative estimate of drug-likeness (QED) is 0.423. The van der Waals surface area contributed by atoms with E-state index >= 15 is 0 Å². The number of amides is 3. The number of aryl methyl sites for hydroxylation is 1. The molecule has 2 N–H and O–H groups in total. The highest BCUT2D eigenvalue weighted by atomic mass is 19.1. The first-order valence-electron chi connectivity index (χ1n) is 14.5. The van der Waals surface area contributed by atoms with Crippen molar-refractivity contribution in [2.45, 2.75) is 53.0 Å². The van der Waals surface area contributed by atoms with Gasteiger partial charge in [-0.15, -0.1) is 0 Å². The maximum atomic E-state index is 12.7. The summed E-state index contributed by atoms with van der Waals surface area (Å²) in [5.74, 6) is -0.980. The van der Waals surface area contributed by atoms with Gasteiger partial charge in [0.25, 0.3) is 0 Å². The van der Waals surface area contributed by atoms with E-state index < -0.39 is 17.2 Å². The van der Waals surface area contributed by atoms with Gasteiger partial charge in [0, 0.05) is 37.0 Å². The minimum atomic E-state index is -0.614. The largest absolute Gasteiger partial charge is 0.331 e. The summed E-state index contributed by atoms with van der Waals surface area (Å²) in [4.78, 5) is 45.7. The third kappa shape index (κ3) is 8.90. The van der Waals surface area contributed by atoms with E-state index in [-0.39, 0.29) is 30.2 Å². The minimum Gasteiger partial charge on any atom is -0.331 e. The Morgan fingerprint density at radius 2 is 1.63 bits per heavy atom. The number of fused-ring (bicyclic) bond motifs is 1. The molecule has 2 aliphatic rings. The van der Waals surface area contributed by atoms with Crippen LogP contribution in [0.5, 0.6) is 0 Å². The van der Waals surface area contributed by atoms with E-state index in [9.17, 15) is 23.2 Å². The van der Waals surface area contributed by atoms with Gasteiger partial charge < -0.3 is 15.5 Å². The van der Waals surface area contributed by atoms with Crippen molar-refractivity contribution in [3.8, 4) is 0 Å². The molecule has 0 bridgehead atoms. The van der Waals surface area contributed by atoms with Crippen LogP contribution in [0, 0.1) is 24.5 Å². The van der Waals surface area contributed by atoms with Crippen molar-refractivity contribution >= 4 is 29.2 Å². The number of nitrogens with zero attached hydrogens (tertiary/aromatic N) is 3. The Kier molecular flexibility index (Phi) is 11.5. The molecule has 0 radical (unpaired) electrons. The summed E-state index contributed by atoms with van der Waals surface area (Å²) in [5.41, 5.74) is 2.84. The van der Waals surface area contributed by atoms with E-state index in [4.69, 9.17) is 0 Å². The molecule has 0 spiro atoms. The van der Waals surface area contributed by atoms with Gasteiger partial charge in [0.05, 0.1) is 12.1 Å². The third-order valence-corrected chi connectivity index (χ3v) is 7.52. The zero-order valence-electron chi connectivity index (χ0n) is 25.7. The lowest BCUT2D eigenvalue weighted by molar-refractivity contribution is -0.149. The molecule has 1 fully saturated rings. The molecule has 1 aromatic heterocycles. The number of hydrogen-bond donors (Lipinski definition) is 2. The van der Waals surface area contributed by atoms with Crippen molar-refractivity contribution in [1.29, 1.82) is 0 Å². The first-order valence-corrected chi connectivity index (χ1v) is 14.5. The number of rotatable bonds is 5. The summed E-state index contributed by atoms with van der Waals surface area (Å²) in [7, 11) is 1.92. The lowest BCUT2D eigenvalue weighted by Crippen LogP contribution is -2.62. The first-order chi connectivity index (χ1) is 20.4. The molecule has 1 aliphatic heterocycles. The van der Waals surface area contributed by atoms with Crippen molar-refractivity contribution < 1.29 is 23.2 Å². The number of nitrogens with one attached hydrogen (secondary N) is 2. The van der Waals surface area contributed by atoms with Gasteiger partial charge in [-0.3, -0.25) is 19.3 Å². The van der Waals surface area contributed by atoms with Gasteiger partial charge >= 0.3 is 0 Å². The van der Waals surface area contributed by atoms with Crippen LogP contribution in [0.25, 0.3) is 0 Å². The fourth-order valence-corrected chi connectivity index (χ4v) is 4.96. The second-order valence-corrected chi connectivity index (χ2v) is 11.0. The third-order valence-electron chi connectivity index (χ3n) is 7.52. The molecular formula is C33H41F2N5O3. The molecule has 1 aliphatic carbocycles. The van der Waals surface area contributed by atoms with Crippen molar-refractivity contribution in [3.05, 3.63) is 89.1 Å². The van der Waals surface area contributed by atoms with Crippen LogP contribution >= 0.6 is 0 Å². The van der Waals surface area contributed by atoms with Crippen molar-refractivity contribution in [3.63, 3.8) is 0 Å². The Morgan fingerprint density at radius 1 is 0.953 bits per heavy atom. The maximum absolute atomic E-state index is 12.7. The van der Waals surface area contributed by atoms with Gasteiger partial charge in [0.1, 0.15) is 17.5 Å². The van der Waals surface area contributed by atoms with Crippen LogP contribution in [0.15, 0.2) is 60.8 Å². The van der Waals surface area contributed by atoms with Gasteiger partial charge in [-0.2, -0.15) is 0 Å². The van der Waals surface area contributed by atoms with E-state index in [2.05, 4.69) is 15.6 Å². The molecular weight excluding hydrogens is 552 g/mol. The second kappa shape index (κ2) is 14.8. The summed E-state index contributed by atoms with van der Waals surface area (Å²) < 4.78 is 24.4. The molecule has 2 heterocycles. The molecule has 3 aromatic rings. The van der Waals surface area contributed by atoms with Gasteiger partial charge in [-0.25, -0.2) is 13.8 Å². The van der Waals surface area contributed by atoms with Crippen LogP contribution in [0.3, 0.4) is 0 Å². The van der Waals surface area contributed by atoms with E-state index in [1.165, 1.54) is 12.1 Å². The molecule has 5 rings (SSSR count). The Balaban J connectivity index is 0.000000390. The Hall–Kier alpha value is -4.18. The molecule has 8 nitrogen and oxygen atoms in total. The fraction of sp³-hybridized carbons (Fsp3) is 0.394. The van der Waals surface area contributed by atoms with Crippen molar-refractivity contribution in [2.24, 2.45) is 5.92 Å². The summed E-state index contributed by atoms with van der Waals surface area (Å²) >= 11 is 0. The molecule has 10 heteroatoms. The van der Waals surface area contributed by atoms with E-state index in [1.54, 1.807) is 30.2 Å². The molecule has 1 atom stereocenters. The number of likely N-dealkylation sites (N-methyl/N-ethyl adjacent to an activating group) is 1. The number of benzene rings is 2. The molecule has 3 amide bonds. The monoisotopic (exact) mass is 593 g/mol. The number of carbonyl (C=O) groups excluding carboxylic acids is 3. The molecule has 2 aromatic carbocycles. The Morgan fingerprint density at radius 3 is 2.26 bits per heavy atom. The van der Waals surface area contributed by atoms with Gasteiger partial charge in [0.2, 0.25) is 17.7 Å².